The zero-order chi connectivity index (χ0) is 15.7. The molecule has 0 amide bonds. The molecule has 114 valence electrons. The number of nitrogens with one attached hydrogen (secondary N) is 1. The maximum atomic E-state index is 12.4. The second-order valence-electron chi connectivity index (χ2n) is 5.18. The van der Waals surface area contributed by atoms with E-state index in [9.17, 15) is 9.90 Å². The summed E-state index contributed by atoms with van der Waals surface area (Å²) in [5, 5.41) is 13.0. The van der Waals surface area contributed by atoms with Gasteiger partial charge in [-0.2, -0.15) is 0 Å². The van der Waals surface area contributed by atoms with E-state index in [2.05, 4.69) is 15.9 Å². The smallest absolute Gasteiger partial charge is 0.342 e. The lowest BCUT2D eigenvalue weighted by molar-refractivity contribution is -0.872. The molecule has 0 saturated heterocycles. The molecule has 0 bridgehead atoms. The van der Waals surface area contributed by atoms with Gasteiger partial charge in [0, 0.05) is 15.4 Å². The van der Waals surface area contributed by atoms with E-state index in [1.807, 2.05) is 14.1 Å². The molecular weight excluding hydrogens is 338 g/mol. The maximum absolute atomic E-state index is 12.4. The topological polar surface area (TPSA) is 66.9 Å². The van der Waals surface area contributed by atoms with Gasteiger partial charge in [0.1, 0.15) is 23.5 Å². The molecule has 0 saturated carbocycles. The van der Waals surface area contributed by atoms with Gasteiger partial charge in [0.2, 0.25) is 0 Å². The fourth-order valence-electron chi connectivity index (χ4n) is 2.38. The summed E-state index contributed by atoms with van der Waals surface area (Å²) in [7, 11) is 3.90. The van der Waals surface area contributed by atoms with Gasteiger partial charge in [0.05, 0.1) is 20.7 Å². The van der Waals surface area contributed by atoms with Crippen molar-refractivity contribution in [3.05, 3.63) is 27.4 Å². The molecule has 0 aliphatic rings. The highest BCUT2D eigenvalue weighted by Gasteiger charge is 2.24. The van der Waals surface area contributed by atoms with Crippen molar-refractivity contribution in [1.29, 1.82) is 0 Å². The first kappa shape index (κ1) is 15.9. The minimum Gasteiger partial charge on any atom is -0.871 e. The van der Waals surface area contributed by atoms with E-state index >= 15 is 0 Å². The highest BCUT2D eigenvalue weighted by Crippen LogP contribution is 2.37. The first-order valence-corrected chi connectivity index (χ1v) is 7.53. The number of carbonyl (C=O) groups is 1. The van der Waals surface area contributed by atoms with Gasteiger partial charge in [-0.05, 0) is 19.9 Å². The Kier molecular flexibility index (Phi) is 4.58. The van der Waals surface area contributed by atoms with Crippen LogP contribution in [-0.4, -0.2) is 26.7 Å². The normalized spacial score (nSPS) is 11.3. The van der Waals surface area contributed by atoms with E-state index < -0.39 is 5.97 Å². The maximum Gasteiger partial charge on any atom is 0.342 e. The van der Waals surface area contributed by atoms with Crippen LogP contribution in [0.3, 0.4) is 0 Å². The zero-order valence-corrected chi connectivity index (χ0v) is 14.1. The summed E-state index contributed by atoms with van der Waals surface area (Å²) in [6, 6.07) is 1.61. The molecule has 1 N–H and O–H groups in total. The summed E-state index contributed by atoms with van der Waals surface area (Å²) in [6.07, 6.45) is 0. The average Bonchev–Trinajstić information content (AvgIpc) is 2.70. The number of quaternary nitrogens is 1. The number of halogens is 1. The molecule has 0 spiro atoms. The Morgan fingerprint density at radius 2 is 2.14 bits per heavy atom. The van der Waals surface area contributed by atoms with Crippen LogP contribution in [0, 0.1) is 6.92 Å². The van der Waals surface area contributed by atoms with Crippen molar-refractivity contribution in [2.75, 3.05) is 20.7 Å². The van der Waals surface area contributed by atoms with Gasteiger partial charge in [0.15, 0.2) is 0 Å². The molecule has 2 rings (SSSR count). The highest BCUT2D eigenvalue weighted by molar-refractivity contribution is 9.10. The number of aryl methyl sites for hydroxylation is 1. The summed E-state index contributed by atoms with van der Waals surface area (Å²) in [5.74, 6) is -0.100. The van der Waals surface area contributed by atoms with E-state index in [4.69, 9.17) is 9.15 Å². The predicted molar refractivity (Wildman–Crippen MR) is 80.6 cm³/mol. The SMILES string of the molecule is CCOC(=O)c1c(C)oc2cc(Br)c([O-])c(C[NH+](C)C)c12. The molecule has 21 heavy (non-hydrogen) atoms. The lowest BCUT2D eigenvalue weighted by Crippen LogP contribution is -3.04. The third kappa shape index (κ3) is 2.91. The van der Waals surface area contributed by atoms with Crippen LogP contribution >= 0.6 is 15.9 Å². The van der Waals surface area contributed by atoms with Crippen molar-refractivity contribution >= 4 is 32.9 Å². The van der Waals surface area contributed by atoms with Crippen LogP contribution in [0.4, 0.5) is 0 Å². The molecule has 6 heteroatoms. The monoisotopic (exact) mass is 355 g/mol. The van der Waals surface area contributed by atoms with Crippen LogP contribution in [0.2, 0.25) is 0 Å². The van der Waals surface area contributed by atoms with Gasteiger partial charge in [-0.15, -0.1) is 0 Å². The van der Waals surface area contributed by atoms with Crippen molar-refractivity contribution in [2.45, 2.75) is 20.4 Å². The van der Waals surface area contributed by atoms with Gasteiger partial charge < -0.3 is 19.2 Å². The van der Waals surface area contributed by atoms with Crippen LogP contribution in [0.5, 0.6) is 5.75 Å². The van der Waals surface area contributed by atoms with Crippen LogP contribution in [0.1, 0.15) is 28.6 Å². The number of fused-ring (bicyclic) bond motifs is 1. The van der Waals surface area contributed by atoms with Crippen molar-refractivity contribution in [3.63, 3.8) is 0 Å². The number of ether oxygens (including phenoxy) is 1. The largest absolute Gasteiger partial charge is 0.871 e. The minimum absolute atomic E-state index is 0.116. The molecule has 2 aromatic rings. The van der Waals surface area contributed by atoms with Gasteiger partial charge in [-0.3, -0.25) is 0 Å². The Hall–Kier alpha value is -1.53. The molecule has 0 aliphatic carbocycles. The van der Waals surface area contributed by atoms with Crippen molar-refractivity contribution in [2.24, 2.45) is 0 Å². The summed E-state index contributed by atoms with van der Waals surface area (Å²) in [4.78, 5) is 13.3. The predicted octanol–water partition coefficient (Wildman–Crippen LogP) is 1.40. The van der Waals surface area contributed by atoms with Crippen LogP contribution in [-0.2, 0) is 11.3 Å². The quantitative estimate of drug-likeness (QED) is 0.841. The number of carbonyl (C=O) groups excluding carboxylic acids is 1. The Labute approximate surface area is 131 Å². The molecule has 1 heterocycles. The fourth-order valence-corrected chi connectivity index (χ4v) is 2.82. The molecule has 1 aromatic carbocycles. The average molecular weight is 356 g/mol. The van der Waals surface area contributed by atoms with E-state index in [0.717, 1.165) is 4.90 Å². The summed E-state index contributed by atoms with van der Waals surface area (Å²) in [5.41, 5.74) is 1.45. The molecule has 0 radical (unpaired) electrons. The highest BCUT2D eigenvalue weighted by atomic mass is 79.9. The second-order valence-corrected chi connectivity index (χ2v) is 6.03. The molecule has 5 nitrogen and oxygen atoms in total. The zero-order valence-electron chi connectivity index (χ0n) is 12.5. The number of hydrogen-bond acceptors (Lipinski definition) is 4. The molecule has 0 unspecified atom stereocenters. The van der Waals surface area contributed by atoms with E-state index in [1.165, 1.54) is 0 Å². The first-order valence-electron chi connectivity index (χ1n) is 6.74. The van der Waals surface area contributed by atoms with E-state index in [1.54, 1.807) is 19.9 Å². The van der Waals surface area contributed by atoms with Gasteiger partial charge in [-0.25, -0.2) is 4.79 Å². The standard InChI is InChI=1S/C15H18BrNO4/c1-5-20-15(19)12-8(2)21-11-6-10(16)14(18)9(13(11)12)7-17(3)4/h6,18H,5,7H2,1-4H3. The van der Waals surface area contributed by atoms with E-state index in [-0.39, 0.29) is 12.4 Å². The molecule has 0 aliphatic heterocycles. The number of hydrogen-bond donors (Lipinski definition) is 1. The minimum atomic E-state index is -0.453. The lowest BCUT2D eigenvalue weighted by Gasteiger charge is -2.18. The molecular formula is C15H18BrNO4. The number of benzene rings is 1. The van der Waals surface area contributed by atoms with E-state index in [0.29, 0.717) is 38.9 Å². The van der Waals surface area contributed by atoms with Gasteiger partial charge >= 0.3 is 5.97 Å². The summed E-state index contributed by atoms with van der Waals surface area (Å²) in [6.45, 7) is 4.23. The van der Waals surface area contributed by atoms with Gasteiger partial charge in [0.25, 0.3) is 0 Å². The van der Waals surface area contributed by atoms with Gasteiger partial charge in [-0.1, -0.05) is 21.7 Å². The number of rotatable bonds is 4. The third-order valence-corrected chi connectivity index (χ3v) is 3.76. The Morgan fingerprint density at radius 3 is 2.71 bits per heavy atom. The van der Waals surface area contributed by atoms with Crippen LogP contribution in [0.15, 0.2) is 15.0 Å². The number of esters is 1. The fraction of sp³-hybridized carbons (Fsp3) is 0.400. The Bertz CT molecular complexity index is 691. The number of furan rings is 1. The van der Waals surface area contributed by atoms with Crippen LogP contribution in [0.25, 0.3) is 11.0 Å². The molecule has 1 aromatic heterocycles. The molecule has 0 atom stereocenters. The molecule has 0 fully saturated rings. The third-order valence-electron chi connectivity index (χ3n) is 3.17. The second kappa shape index (κ2) is 6.07. The lowest BCUT2D eigenvalue weighted by atomic mass is 10.0. The summed E-state index contributed by atoms with van der Waals surface area (Å²) >= 11 is 3.26. The summed E-state index contributed by atoms with van der Waals surface area (Å²) < 4.78 is 11.2. The first-order chi connectivity index (χ1) is 9.86. The Balaban J connectivity index is 2.77. The van der Waals surface area contributed by atoms with Crippen molar-refractivity contribution in [3.8, 4) is 5.75 Å². The van der Waals surface area contributed by atoms with Crippen molar-refractivity contribution in [1.82, 2.24) is 0 Å². The van der Waals surface area contributed by atoms with Crippen molar-refractivity contribution < 1.29 is 24.0 Å². The Morgan fingerprint density at radius 1 is 1.48 bits per heavy atom. The van der Waals surface area contributed by atoms with Crippen LogP contribution < -0.4 is 10.0 Å².